The van der Waals surface area contributed by atoms with Gasteiger partial charge in [0.15, 0.2) is 0 Å². The first-order chi connectivity index (χ1) is 11.7. The molecule has 1 aromatic carbocycles. The summed E-state index contributed by atoms with van der Waals surface area (Å²) < 4.78 is 6.95. The van der Waals surface area contributed by atoms with Crippen LogP contribution in [-0.2, 0) is 17.7 Å². The Bertz CT molecular complexity index is 894. The molecule has 0 saturated carbocycles. The molecule has 2 heterocycles. The summed E-state index contributed by atoms with van der Waals surface area (Å²) in [6.45, 7) is 5.21. The molecule has 0 fully saturated rings. The van der Waals surface area contributed by atoms with Gasteiger partial charge in [0.05, 0.1) is 18.5 Å². The molecule has 126 valence electrons. The smallest absolute Gasteiger partial charge is 0.262 e. The van der Waals surface area contributed by atoms with Crippen molar-refractivity contribution in [3.05, 3.63) is 51.4 Å². The van der Waals surface area contributed by atoms with Crippen molar-refractivity contribution in [1.82, 2.24) is 9.55 Å². The number of hydrogen-bond acceptors (Lipinski definition) is 4. The van der Waals surface area contributed by atoms with Gasteiger partial charge in [-0.2, -0.15) is 0 Å². The summed E-state index contributed by atoms with van der Waals surface area (Å²) in [5, 5.41) is 2.76. The van der Waals surface area contributed by atoms with Gasteiger partial charge in [-0.05, 0) is 18.9 Å². The maximum absolute atomic E-state index is 13.1. The second-order valence-electron chi connectivity index (χ2n) is 5.92. The third kappa shape index (κ3) is 3.14. The quantitative estimate of drug-likeness (QED) is 0.679. The van der Waals surface area contributed by atoms with Crippen LogP contribution in [0.5, 0.6) is 0 Å². The van der Waals surface area contributed by atoms with Crippen molar-refractivity contribution in [2.75, 3.05) is 13.7 Å². The number of hydrogen-bond donors (Lipinski definition) is 0. The summed E-state index contributed by atoms with van der Waals surface area (Å²) in [5.41, 5.74) is 3.28. The van der Waals surface area contributed by atoms with Gasteiger partial charge >= 0.3 is 0 Å². The fourth-order valence-corrected chi connectivity index (χ4v) is 3.80. The highest BCUT2D eigenvalue weighted by Crippen LogP contribution is 2.31. The van der Waals surface area contributed by atoms with E-state index in [1.807, 2.05) is 5.38 Å². The Kier molecular flexibility index (Phi) is 5.11. The van der Waals surface area contributed by atoms with Crippen LogP contribution in [0.1, 0.15) is 24.7 Å². The molecule has 0 aliphatic rings. The van der Waals surface area contributed by atoms with Gasteiger partial charge in [-0.15, -0.1) is 11.3 Å². The molecule has 0 radical (unpaired) electrons. The van der Waals surface area contributed by atoms with Crippen molar-refractivity contribution < 1.29 is 4.74 Å². The molecule has 0 aliphatic carbocycles. The Labute approximate surface area is 145 Å². The molecule has 0 unspecified atom stereocenters. The molecule has 5 heteroatoms. The van der Waals surface area contributed by atoms with Gasteiger partial charge < -0.3 is 4.74 Å². The minimum Gasteiger partial charge on any atom is -0.383 e. The molecular weight excluding hydrogens is 320 g/mol. The van der Waals surface area contributed by atoms with Crippen molar-refractivity contribution in [2.24, 2.45) is 0 Å². The first-order valence-electron chi connectivity index (χ1n) is 8.22. The summed E-state index contributed by atoms with van der Waals surface area (Å²) >= 11 is 1.54. The molecule has 4 nitrogen and oxygen atoms in total. The SMILES string of the molecule is CCCc1nc2scc(-c3ccc(C)cc3)c2c(=O)n1CCOC. The second kappa shape index (κ2) is 7.28. The maximum Gasteiger partial charge on any atom is 0.262 e. The van der Waals surface area contributed by atoms with E-state index in [0.29, 0.717) is 13.2 Å². The normalized spacial score (nSPS) is 11.3. The van der Waals surface area contributed by atoms with E-state index in [2.05, 4.69) is 38.1 Å². The van der Waals surface area contributed by atoms with Crippen molar-refractivity contribution in [1.29, 1.82) is 0 Å². The van der Waals surface area contributed by atoms with E-state index in [-0.39, 0.29) is 5.56 Å². The van der Waals surface area contributed by atoms with Crippen molar-refractivity contribution in [3.63, 3.8) is 0 Å². The number of fused-ring (bicyclic) bond motifs is 1. The Balaban J connectivity index is 2.20. The number of methoxy groups -OCH3 is 1. The third-order valence-corrected chi connectivity index (χ3v) is 5.00. The fraction of sp³-hybridized carbons (Fsp3) is 0.368. The van der Waals surface area contributed by atoms with Crippen molar-refractivity contribution >= 4 is 21.6 Å². The molecule has 2 aromatic heterocycles. The summed E-state index contributed by atoms with van der Waals surface area (Å²) in [7, 11) is 1.65. The molecule has 0 atom stereocenters. The number of benzene rings is 1. The van der Waals surface area contributed by atoms with Crippen LogP contribution >= 0.6 is 11.3 Å². The largest absolute Gasteiger partial charge is 0.383 e. The van der Waals surface area contributed by atoms with Crippen LogP contribution in [0, 0.1) is 6.92 Å². The molecule has 0 amide bonds. The van der Waals surface area contributed by atoms with Crippen molar-refractivity contribution in [3.8, 4) is 11.1 Å². The van der Waals surface area contributed by atoms with E-state index in [9.17, 15) is 4.79 Å². The first-order valence-corrected chi connectivity index (χ1v) is 9.10. The van der Waals surface area contributed by atoms with Crippen LogP contribution in [0.3, 0.4) is 0 Å². The number of nitrogens with zero attached hydrogens (tertiary/aromatic N) is 2. The Morgan fingerprint density at radius 2 is 2.00 bits per heavy atom. The van der Waals surface area contributed by atoms with Crippen LogP contribution in [-0.4, -0.2) is 23.3 Å². The average molecular weight is 342 g/mol. The molecule has 0 spiro atoms. The zero-order valence-electron chi connectivity index (χ0n) is 14.3. The number of ether oxygens (including phenoxy) is 1. The van der Waals surface area contributed by atoms with Gasteiger partial charge in [0.25, 0.3) is 5.56 Å². The lowest BCUT2D eigenvalue weighted by atomic mass is 10.0. The summed E-state index contributed by atoms with van der Waals surface area (Å²) in [6.07, 6.45) is 1.76. The molecular formula is C19H22N2O2S. The van der Waals surface area contributed by atoms with Crippen molar-refractivity contribution in [2.45, 2.75) is 33.2 Å². The lowest BCUT2D eigenvalue weighted by Gasteiger charge is -2.12. The topological polar surface area (TPSA) is 44.1 Å². The highest BCUT2D eigenvalue weighted by Gasteiger charge is 2.16. The van der Waals surface area contributed by atoms with Crippen LogP contribution < -0.4 is 5.56 Å². The molecule has 3 rings (SSSR count). The monoisotopic (exact) mass is 342 g/mol. The molecule has 3 aromatic rings. The fourth-order valence-electron chi connectivity index (χ4n) is 2.84. The van der Waals surface area contributed by atoms with E-state index < -0.39 is 0 Å². The minimum absolute atomic E-state index is 0.0392. The minimum atomic E-state index is 0.0392. The molecule has 0 bridgehead atoms. The van der Waals surface area contributed by atoms with Gasteiger partial charge in [0.1, 0.15) is 10.7 Å². The maximum atomic E-state index is 13.1. The van der Waals surface area contributed by atoms with Crippen LogP contribution in [0.15, 0.2) is 34.4 Å². The van der Waals surface area contributed by atoms with E-state index in [1.54, 1.807) is 23.0 Å². The summed E-state index contributed by atoms with van der Waals surface area (Å²) in [4.78, 5) is 18.7. The third-order valence-electron chi connectivity index (χ3n) is 4.13. The van der Waals surface area contributed by atoms with Crippen LogP contribution in [0.2, 0.25) is 0 Å². The highest BCUT2D eigenvalue weighted by atomic mass is 32.1. The van der Waals surface area contributed by atoms with E-state index in [4.69, 9.17) is 9.72 Å². The molecule has 0 N–H and O–H groups in total. The van der Waals surface area contributed by atoms with Gasteiger partial charge in [0, 0.05) is 24.5 Å². The highest BCUT2D eigenvalue weighted by molar-refractivity contribution is 7.17. The van der Waals surface area contributed by atoms with E-state index in [1.165, 1.54) is 5.56 Å². The Morgan fingerprint density at radius 1 is 1.25 bits per heavy atom. The number of aromatic nitrogens is 2. The van der Waals surface area contributed by atoms with Gasteiger partial charge in [-0.1, -0.05) is 36.8 Å². The Morgan fingerprint density at radius 3 is 2.67 bits per heavy atom. The number of rotatable bonds is 6. The standard InChI is InChI=1S/C19H22N2O2S/c1-4-5-16-20-18-17(19(22)21(16)10-11-23-3)15(12-24-18)14-8-6-13(2)7-9-14/h6-9,12H,4-5,10-11H2,1-3H3. The van der Waals surface area contributed by atoms with E-state index in [0.717, 1.165) is 40.0 Å². The number of thiophene rings is 1. The zero-order valence-corrected chi connectivity index (χ0v) is 15.2. The lowest BCUT2D eigenvalue weighted by Crippen LogP contribution is -2.27. The van der Waals surface area contributed by atoms with Gasteiger partial charge in [-0.3, -0.25) is 9.36 Å². The predicted molar refractivity (Wildman–Crippen MR) is 99.9 cm³/mol. The average Bonchev–Trinajstić information content (AvgIpc) is 3.00. The second-order valence-corrected chi connectivity index (χ2v) is 6.78. The number of aryl methyl sites for hydroxylation is 2. The zero-order chi connectivity index (χ0) is 17.1. The van der Waals surface area contributed by atoms with E-state index >= 15 is 0 Å². The van der Waals surface area contributed by atoms with Gasteiger partial charge in [-0.25, -0.2) is 4.98 Å². The van der Waals surface area contributed by atoms with Gasteiger partial charge in [0.2, 0.25) is 0 Å². The lowest BCUT2D eigenvalue weighted by molar-refractivity contribution is 0.185. The molecule has 24 heavy (non-hydrogen) atoms. The Hall–Kier alpha value is -1.98. The first kappa shape index (κ1) is 16.9. The summed E-state index contributed by atoms with van der Waals surface area (Å²) in [6, 6.07) is 8.27. The molecule has 0 aliphatic heterocycles. The summed E-state index contributed by atoms with van der Waals surface area (Å²) in [5.74, 6) is 0.851. The molecule has 0 saturated heterocycles. The van der Waals surface area contributed by atoms with Crippen LogP contribution in [0.25, 0.3) is 21.3 Å². The van der Waals surface area contributed by atoms with Crippen LogP contribution in [0.4, 0.5) is 0 Å². The predicted octanol–water partition coefficient (Wildman–Crippen LogP) is 4.03.